The van der Waals surface area contributed by atoms with Crippen molar-refractivity contribution in [3.8, 4) is 0 Å². The lowest BCUT2D eigenvalue weighted by atomic mass is 9.85. The third-order valence-corrected chi connectivity index (χ3v) is 2.64. The summed E-state index contributed by atoms with van der Waals surface area (Å²) in [5, 5.41) is 3.52. The van der Waals surface area contributed by atoms with Crippen molar-refractivity contribution in [2.24, 2.45) is 5.41 Å². The summed E-state index contributed by atoms with van der Waals surface area (Å²) in [6.07, 6.45) is 3.90. The molecule has 0 fully saturated rings. The summed E-state index contributed by atoms with van der Waals surface area (Å²) in [5.41, 5.74) is 0.802. The standard InChI is InChI=1S/C12H27N/c1-7-12(5,6)9-8-10-13-11(2,3)4/h13H,7-10H2,1-6H3. The third-order valence-electron chi connectivity index (χ3n) is 2.64. The van der Waals surface area contributed by atoms with Crippen LogP contribution in [0.25, 0.3) is 0 Å². The third kappa shape index (κ3) is 8.29. The van der Waals surface area contributed by atoms with Crippen LogP contribution in [-0.4, -0.2) is 12.1 Å². The number of hydrogen-bond donors (Lipinski definition) is 1. The first kappa shape index (κ1) is 13.0. The van der Waals surface area contributed by atoms with Crippen molar-refractivity contribution in [1.82, 2.24) is 5.32 Å². The summed E-state index contributed by atoms with van der Waals surface area (Å²) in [6.45, 7) is 14.8. The van der Waals surface area contributed by atoms with Gasteiger partial charge in [0.1, 0.15) is 0 Å². The second-order valence-corrected chi connectivity index (χ2v) is 5.80. The van der Waals surface area contributed by atoms with Crippen LogP contribution in [0.2, 0.25) is 0 Å². The Kier molecular flexibility index (Phi) is 4.98. The minimum atomic E-state index is 0.274. The van der Waals surface area contributed by atoms with Gasteiger partial charge in [-0.1, -0.05) is 27.2 Å². The summed E-state index contributed by atoms with van der Waals surface area (Å²) < 4.78 is 0. The molecule has 0 aromatic heterocycles. The fourth-order valence-corrected chi connectivity index (χ4v) is 1.21. The van der Waals surface area contributed by atoms with Gasteiger partial charge in [0.2, 0.25) is 0 Å². The molecule has 0 aromatic carbocycles. The molecule has 1 nitrogen and oxygen atoms in total. The quantitative estimate of drug-likeness (QED) is 0.645. The molecule has 80 valence electrons. The van der Waals surface area contributed by atoms with Gasteiger partial charge < -0.3 is 5.32 Å². The smallest absolute Gasteiger partial charge is 0.00965 e. The lowest BCUT2D eigenvalue weighted by molar-refractivity contribution is 0.301. The molecule has 0 spiro atoms. The van der Waals surface area contributed by atoms with Crippen molar-refractivity contribution in [3.05, 3.63) is 0 Å². The Bertz CT molecular complexity index is 131. The monoisotopic (exact) mass is 185 g/mol. The van der Waals surface area contributed by atoms with Gasteiger partial charge in [-0.2, -0.15) is 0 Å². The number of hydrogen-bond acceptors (Lipinski definition) is 1. The Morgan fingerprint density at radius 2 is 1.54 bits per heavy atom. The SMILES string of the molecule is CCC(C)(C)CCCNC(C)(C)C. The normalized spacial score (nSPS) is 13.4. The van der Waals surface area contributed by atoms with E-state index in [1.54, 1.807) is 0 Å². The van der Waals surface area contributed by atoms with E-state index in [-0.39, 0.29) is 5.54 Å². The van der Waals surface area contributed by atoms with Crippen LogP contribution in [0.4, 0.5) is 0 Å². The highest BCUT2D eigenvalue weighted by molar-refractivity contribution is 4.72. The molecule has 0 radical (unpaired) electrons. The average Bonchev–Trinajstić information content (AvgIpc) is 1.97. The van der Waals surface area contributed by atoms with Crippen LogP contribution in [0, 0.1) is 5.41 Å². The van der Waals surface area contributed by atoms with Gasteiger partial charge >= 0.3 is 0 Å². The largest absolute Gasteiger partial charge is 0.312 e. The van der Waals surface area contributed by atoms with Crippen LogP contribution in [0.3, 0.4) is 0 Å². The highest BCUT2D eigenvalue weighted by atomic mass is 14.9. The van der Waals surface area contributed by atoms with Gasteiger partial charge in [-0.25, -0.2) is 0 Å². The Balaban J connectivity index is 3.47. The zero-order chi connectivity index (χ0) is 10.5. The molecule has 0 heterocycles. The second kappa shape index (κ2) is 4.99. The maximum atomic E-state index is 3.52. The highest BCUT2D eigenvalue weighted by Crippen LogP contribution is 2.25. The maximum Gasteiger partial charge on any atom is 0.00965 e. The molecule has 0 aliphatic carbocycles. The van der Waals surface area contributed by atoms with Crippen molar-refractivity contribution < 1.29 is 0 Å². The zero-order valence-electron chi connectivity index (χ0n) is 10.3. The molecule has 0 aliphatic heterocycles. The fraction of sp³-hybridized carbons (Fsp3) is 1.00. The van der Waals surface area contributed by atoms with Crippen molar-refractivity contribution in [2.45, 2.75) is 66.3 Å². The molecule has 0 aliphatic rings. The Labute approximate surface area is 84.3 Å². The molecule has 0 saturated heterocycles. The molecule has 0 atom stereocenters. The first-order valence-electron chi connectivity index (χ1n) is 5.52. The van der Waals surface area contributed by atoms with Crippen LogP contribution in [0.15, 0.2) is 0 Å². The molecule has 0 saturated carbocycles. The first-order valence-corrected chi connectivity index (χ1v) is 5.52. The molecule has 0 amide bonds. The van der Waals surface area contributed by atoms with Crippen molar-refractivity contribution in [2.75, 3.05) is 6.54 Å². The molecule has 1 heteroatoms. The van der Waals surface area contributed by atoms with E-state index in [9.17, 15) is 0 Å². The summed E-state index contributed by atoms with van der Waals surface area (Å²) >= 11 is 0. The van der Waals surface area contributed by atoms with E-state index < -0.39 is 0 Å². The highest BCUT2D eigenvalue weighted by Gasteiger charge is 2.14. The van der Waals surface area contributed by atoms with E-state index >= 15 is 0 Å². The molecule has 0 bridgehead atoms. The molecule has 0 rings (SSSR count). The Hall–Kier alpha value is -0.0400. The molecule has 0 aromatic rings. The van der Waals surface area contributed by atoms with Crippen molar-refractivity contribution >= 4 is 0 Å². The van der Waals surface area contributed by atoms with Crippen LogP contribution < -0.4 is 5.32 Å². The summed E-state index contributed by atoms with van der Waals surface area (Å²) in [5.74, 6) is 0. The Morgan fingerprint density at radius 1 is 1.00 bits per heavy atom. The molecular formula is C12H27N. The lowest BCUT2D eigenvalue weighted by Crippen LogP contribution is -2.36. The van der Waals surface area contributed by atoms with Crippen molar-refractivity contribution in [1.29, 1.82) is 0 Å². The van der Waals surface area contributed by atoms with Gasteiger partial charge in [-0.15, -0.1) is 0 Å². The molecule has 1 N–H and O–H groups in total. The van der Waals surface area contributed by atoms with Gasteiger partial charge in [-0.3, -0.25) is 0 Å². The van der Waals surface area contributed by atoms with E-state index in [0.717, 1.165) is 6.54 Å². The van der Waals surface area contributed by atoms with Gasteiger partial charge in [0.05, 0.1) is 0 Å². The van der Waals surface area contributed by atoms with Gasteiger partial charge in [0.15, 0.2) is 0 Å². The molecular weight excluding hydrogens is 158 g/mol. The minimum absolute atomic E-state index is 0.274. The second-order valence-electron chi connectivity index (χ2n) is 5.80. The van der Waals surface area contributed by atoms with Gasteiger partial charge in [0.25, 0.3) is 0 Å². The van der Waals surface area contributed by atoms with E-state index in [1.807, 2.05) is 0 Å². The molecule has 13 heavy (non-hydrogen) atoms. The Morgan fingerprint density at radius 3 is 1.92 bits per heavy atom. The summed E-state index contributed by atoms with van der Waals surface area (Å²) in [7, 11) is 0. The number of rotatable bonds is 5. The predicted octanol–water partition coefficient (Wildman–Crippen LogP) is 3.59. The summed E-state index contributed by atoms with van der Waals surface area (Å²) in [6, 6.07) is 0. The topological polar surface area (TPSA) is 12.0 Å². The van der Waals surface area contributed by atoms with Gasteiger partial charge in [0, 0.05) is 5.54 Å². The lowest BCUT2D eigenvalue weighted by Gasteiger charge is -2.25. The zero-order valence-corrected chi connectivity index (χ0v) is 10.3. The van der Waals surface area contributed by atoms with Crippen LogP contribution >= 0.6 is 0 Å². The summed E-state index contributed by atoms with van der Waals surface area (Å²) in [4.78, 5) is 0. The fourth-order valence-electron chi connectivity index (χ4n) is 1.21. The van der Waals surface area contributed by atoms with E-state index in [4.69, 9.17) is 0 Å². The van der Waals surface area contributed by atoms with E-state index in [1.165, 1.54) is 19.3 Å². The first-order chi connectivity index (χ1) is 5.77. The van der Waals surface area contributed by atoms with E-state index in [2.05, 4.69) is 46.9 Å². The average molecular weight is 185 g/mol. The van der Waals surface area contributed by atoms with Crippen LogP contribution in [-0.2, 0) is 0 Å². The number of nitrogens with one attached hydrogen (secondary N) is 1. The van der Waals surface area contributed by atoms with Crippen LogP contribution in [0.1, 0.15) is 60.8 Å². The van der Waals surface area contributed by atoms with Crippen molar-refractivity contribution in [3.63, 3.8) is 0 Å². The van der Waals surface area contributed by atoms with Gasteiger partial charge in [-0.05, 0) is 45.6 Å². The minimum Gasteiger partial charge on any atom is -0.312 e. The van der Waals surface area contributed by atoms with E-state index in [0.29, 0.717) is 5.41 Å². The maximum absolute atomic E-state index is 3.52. The predicted molar refractivity (Wildman–Crippen MR) is 61.1 cm³/mol. The molecule has 0 unspecified atom stereocenters. The van der Waals surface area contributed by atoms with Crippen LogP contribution in [0.5, 0.6) is 0 Å².